The number of hydrogen-bond acceptors (Lipinski definition) is 6. The first kappa shape index (κ1) is 22.0. The Bertz CT molecular complexity index is 1640. The van der Waals surface area contributed by atoms with Crippen LogP contribution in [0.5, 0.6) is 0 Å². The van der Waals surface area contributed by atoms with Gasteiger partial charge in [-0.2, -0.15) is 5.10 Å². The maximum absolute atomic E-state index is 13.3. The number of para-hydroxylation sites is 1. The number of hydrogen-bond donors (Lipinski definition) is 1. The Kier molecular flexibility index (Phi) is 5.51. The summed E-state index contributed by atoms with van der Waals surface area (Å²) < 4.78 is 26.1. The van der Waals surface area contributed by atoms with Crippen molar-refractivity contribution in [3.63, 3.8) is 0 Å². The van der Waals surface area contributed by atoms with Crippen LogP contribution in [0.3, 0.4) is 0 Å². The Morgan fingerprint density at radius 1 is 1.00 bits per heavy atom. The Balaban J connectivity index is 1.53. The molecule has 170 valence electrons. The van der Waals surface area contributed by atoms with Crippen molar-refractivity contribution >= 4 is 42.4 Å². The molecule has 0 aliphatic rings. The third kappa shape index (κ3) is 4.35. The summed E-state index contributed by atoms with van der Waals surface area (Å²) in [6, 6.07) is 22.1. The molecule has 3 aromatic carbocycles. The van der Waals surface area contributed by atoms with Crippen molar-refractivity contribution in [1.82, 2.24) is 14.8 Å². The normalized spacial score (nSPS) is 11.6. The average molecular weight is 489 g/mol. The van der Waals surface area contributed by atoms with Gasteiger partial charge in [-0.05, 0) is 43.3 Å². The molecule has 5 aromatic rings. The molecule has 0 saturated heterocycles. The highest BCUT2D eigenvalue weighted by atomic mass is 32.2. The molecule has 0 unspecified atom stereocenters. The SMILES string of the molecule is Cc1cccc(-c2nn(-c3ccccc3)cc2C(=O)Nc2nc3ccc(S(C)(=O)=O)cc3s2)c1. The van der Waals surface area contributed by atoms with Crippen molar-refractivity contribution in [1.29, 1.82) is 0 Å². The number of anilines is 1. The summed E-state index contributed by atoms with van der Waals surface area (Å²) in [6.07, 6.45) is 2.87. The Hall–Kier alpha value is -3.82. The van der Waals surface area contributed by atoms with Gasteiger partial charge in [0.25, 0.3) is 5.91 Å². The van der Waals surface area contributed by atoms with E-state index in [4.69, 9.17) is 5.10 Å². The van der Waals surface area contributed by atoms with E-state index in [1.54, 1.807) is 23.0 Å². The van der Waals surface area contributed by atoms with Gasteiger partial charge in [-0.3, -0.25) is 10.1 Å². The van der Waals surface area contributed by atoms with Crippen LogP contribution in [0, 0.1) is 6.92 Å². The minimum Gasteiger partial charge on any atom is -0.298 e. The molecule has 0 aliphatic heterocycles. The van der Waals surface area contributed by atoms with Crippen molar-refractivity contribution in [2.45, 2.75) is 11.8 Å². The fraction of sp³-hybridized carbons (Fsp3) is 0.0800. The summed E-state index contributed by atoms with van der Waals surface area (Å²) in [6.45, 7) is 1.99. The number of fused-ring (bicyclic) bond motifs is 1. The third-order valence-corrected chi connectivity index (χ3v) is 7.32. The van der Waals surface area contributed by atoms with Crippen LogP contribution in [-0.2, 0) is 9.84 Å². The molecule has 34 heavy (non-hydrogen) atoms. The van der Waals surface area contributed by atoms with Gasteiger partial charge in [-0.25, -0.2) is 18.1 Å². The Morgan fingerprint density at radius 2 is 1.79 bits per heavy atom. The number of carbonyl (C=O) groups is 1. The number of thiazole rings is 1. The lowest BCUT2D eigenvalue weighted by Gasteiger charge is -2.03. The van der Waals surface area contributed by atoms with E-state index in [0.717, 1.165) is 23.1 Å². The van der Waals surface area contributed by atoms with E-state index in [2.05, 4.69) is 10.3 Å². The van der Waals surface area contributed by atoms with Crippen LogP contribution in [0.4, 0.5) is 5.13 Å². The van der Waals surface area contributed by atoms with E-state index in [9.17, 15) is 13.2 Å². The highest BCUT2D eigenvalue weighted by Gasteiger charge is 2.20. The summed E-state index contributed by atoms with van der Waals surface area (Å²) >= 11 is 1.22. The number of sulfone groups is 1. The van der Waals surface area contributed by atoms with E-state index in [1.807, 2.05) is 61.5 Å². The van der Waals surface area contributed by atoms with Crippen molar-refractivity contribution in [3.8, 4) is 16.9 Å². The van der Waals surface area contributed by atoms with Crippen molar-refractivity contribution in [3.05, 3.63) is 90.1 Å². The van der Waals surface area contributed by atoms with E-state index in [1.165, 1.54) is 17.4 Å². The number of aromatic nitrogens is 3. The molecule has 5 rings (SSSR count). The van der Waals surface area contributed by atoms with E-state index in [-0.39, 0.29) is 10.8 Å². The van der Waals surface area contributed by atoms with Crippen LogP contribution in [0.15, 0.2) is 83.9 Å². The zero-order valence-electron chi connectivity index (χ0n) is 18.4. The van der Waals surface area contributed by atoms with E-state index >= 15 is 0 Å². The molecule has 0 spiro atoms. The molecule has 0 radical (unpaired) electrons. The number of aryl methyl sites for hydroxylation is 1. The van der Waals surface area contributed by atoms with Gasteiger partial charge >= 0.3 is 0 Å². The predicted octanol–water partition coefficient (Wildman–Crippen LogP) is 5.11. The lowest BCUT2D eigenvalue weighted by molar-refractivity contribution is 0.102. The number of nitrogens with zero attached hydrogens (tertiary/aromatic N) is 3. The van der Waals surface area contributed by atoms with Crippen molar-refractivity contribution < 1.29 is 13.2 Å². The first-order valence-corrected chi connectivity index (χ1v) is 13.1. The van der Waals surface area contributed by atoms with Crippen LogP contribution in [-0.4, -0.2) is 35.3 Å². The van der Waals surface area contributed by atoms with Crippen LogP contribution < -0.4 is 5.32 Å². The van der Waals surface area contributed by atoms with Gasteiger partial charge in [0.15, 0.2) is 15.0 Å². The molecule has 0 atom stereocenters. The molecule has 2 heterocycles. The Morgan fingerprint density at radius 3 is 2.53 bits per heavy atom. The van der Waals surface area contributed by atoms with Gasteiger partial charge in [-0.1, -0.05) is 53.3 Å². The van der Waals surface area contributed by atoms with Gasteiger partial charge in [0.05, 0.1) is 26.4 Å². The van der Waals surface area contributed by atoms with Gasteiger partial charge < -0.3 is 0 Å². The van der Waals surface area contributed by atoms with Crippen LogP contribution in [0.25, 0.3) is 27.2 Å². The quantitative estimate of drug-likeness (QED) is 0.371. The monoisotopic (exact) mass is 488 g/mol. The molecule has 0 aliphatic carbocycles. The first-order chi connectivity index (χ1) is 16.3. The lowest BCUT2D eigenvalue weighted by atomic mass is 10.1. The number of benzene rings is 3. The van der Waals surface area contributed by atoms with Crippen LogP contribution in [0.2, 0.25) is 0 Å². The molecule has 0 bridgehead atoms. The van der Waals surface area contributed by atoms with Crippen LogP contribution >= 0.6 is 11.3 Å². The minimum absolute atomic E-state index is 0.215. The standard InChI is InChI=1S/C25H20N4O3S2/c1-16-7-6-8-17(13-16)23-20(15-29(28-23)18-9-4-3-5-10-18)24(30)27-25-26-21-12-11-19(34(2,31)32)14-22(21)33-25/h3-15H,1-2H3,(H,26,27,30). The van der Waals surface area contributed by atoms with Gasteiger partial charge in [-0.15, -0.1) is 0 Å². The van der Waals surface area contributed by atoms with Crippen molar-refractivity contribution in [2.24, 2.45) is 0 Å². The maximum Gasteiger partial charge on any atom is 0.261 e. The number of carbonyl (C=O) groups excluding carboxylic acids is 1. The number of nitrogens with one attached hydrogen (secondary N) is 1. The largest absolute Gasteiger partial charge is 0.298 e. The second-order valence-electron chi connectivity index (χ2n) is 7.92. The zero-order valence-corrected chi connectivity index (χ0v) is 20.0. The summed E-state index contributed by atoms with van der Waals surface area (Å²) in [4.78, 5) is 18.0. The summed E-state index contributed by atoms with van der Waals surface area (Å²) in [7, 11) is -3.33. The van der Waals surface area contributed by atoms with Crippen LogP contribution in [0.1, 0.15) is 15.9 Å². The van der Waals surface area contributed by atoms with E-state index < -0.39 is 9.84 Å². The first-order valence-electron chi connectivity index (χ1n) is 10.4. The molecular weight excluding hydrogens is 468 g/mol. The fourth-order valence-corrected chi connectivity index (χ4v) is 5.23. The smallest absolute Gasteiger partial charge is 0.261 e. The van der Waals surface area contributed by atoms with Gasteiger partial charge in [0.2, 0.25) is 0 Å². The maximum atomic E-state index is 13.3. The van der Waals surface area contributed by atoms with E-state index in [0.29, 0.717) is 26.6 Å². The highest BCUT2D eigenvalue weighted by Crippen LogP contribution is 2.30. The summed E-state index contributed by atoms with van der Waals surface area (Å²) in [5.41, 5.74) is 4.32. The molecule has 2 aromatic heterocycles. The summed E-state index contributed by atoms with van der Waals surface area (Å²) in [5.74, 6) is -0.346. The third-order valence-electron chi connectivity index (χ3n) is 5.28. The van der Waals surface area contributed by atoms with Gasteiger partial charge in [0.1, 0.15) is 5.69 Å². The molecule has 7 nitrogen and oxygen atoms in total. The second kappa shape index (κ2) is 8.51. The molecule has 0 fully saturated rings. The average Bonchev–Trinajstić information content (AvgIpc) is 3.43. The summed E-state index contributed by atoms with van der Waals surface area (Å²) in [5, 5.41) is 7.95. The fourth-order valence-electron chi connectivity index (χ4n) is 3.61. The van der Waals surface area contributed by atoms with Crippen molar-refractivity contribution in [2.75, 3.05) is 11.6 Å². The molecule has 0 saturated carbocycles. The Labute approximate surface area is 200 Å². The number of amides is 1. The zero-order chi connectivity index (χ0) is 23.9. The minimum atomic E-state index is -3.33. The topological polar surface area (TPSA) is 93.9 Å². The predicted molar refractivity (Wildman–Crippen MR) is 134 cm³/mol. The van der Waals surface area contributed by atoms with Gasteiger partial charge in [0, 0.05) is 18.0 Å². The molecule has 1 amide bonds. The highest BCUT2D eigenvalue weighted by molar-refractivity contribution is 7.90. The number of rotatable bonds is 5. The molecule has 1 N–H and O–H groups in total. The molecule has 9 heteroatoms. The second-order valence-corrected chi connectivity index (χ2v) is 11.0. The lowest BCUT2D eigenvalue weighted by Crippen LogP contribution is -2.12. The molecular formula is C25H20N4O3S2.